The highest BCUT2D eigenvalue weighted by Crippen LogP contribution is 2.21. The molecule has 2 unspecified atom stereocenters. The van der Waals surface area contributed by atoms with Crippen LogP contribution in [0.5, 0.6) is 0 Å². The number of hydrogen-bond acceptors (Lipinski definition) is 4. The number of hydrogen-bond donors (Lipinski definition) is 3. The maximum Gasteiger partial charge on any atom is 0.0895 e. The smallest absolute Gasteiger partial charge is 0.0895 e. The van der Waals surface area contributed by atoms with Gasteiger partial charge in [0.15, 0.2) is 0 Å². The average Bonchev–Trinajstić information content (AvgIpc) is 2.61. The summed E-state index contributed by atoms with van der Waals surface area (Å²) in [6.45, 7) is 0.297. The van der Waals surface area contributed by atoms with Crippen LogP contribution in [-0.4, -0.2) is 48.7 Å². The van der Waals surface area contributed by atoms with Gasteiger partial charge in [0.25, 0.3) is 0 Å². The predicted octanol–water partition coefficient (Wildman–Crippen LogP) is -0.503. The molecule has 0 bridgehead atoms. The normalized spacial score (nSPS) is 30.7. The summed E-state index contributed by atoms with van der Waals surface area (Å²) in [5.74, 6) is 0. The van der Waals surface area contributed by atoms with E-state index in [1.807, 2.05) is 0 Å². The highest BCUT2D eigenvalue weighted by molar-refractivity contribution is 4.81. The van der Waals surface area contributed by atoms with Gasteiger partial charge in [0, 0.05) is 19.7 Å². The van der Waals surface area contributed by atoms with Crippen LogP contribution in [0.2, 0.25) is 0 Å². The average molecular weight is 189 g/mol. The molecule has 78 valence electrons. The lowest BCUT2D eigenvalue weighted by Gasteiger charge is -2.14. The Morgan fingerprint density at radius 3 is 2.85 bits per heavy atom. The lowest BCUT2D eigenvalue weighted by molar-refractivity contribution is 0.0885. The van der Waals surface area contributed by atoms with Gasteiger partial charge in [-0.3, -0.25) is 0 Å². The predicted molar refractivity (Wildman–Crippen MR) is 49.5 cm³/mol. The second kappa shape index (κ2) is 5.54. The fourth-order valence-corrected chi connectivity index (χ4v) is 1.71. The Balaban J connectivity index is 2.10. The quantitative estimate of drug-likeness (QED) is 0.545. The van der Waals surface area contributed by atoms with Crippen LogP contribution >= 0.6 is 0 Å². The highest BCUT2D eigenvalue weighted by Gasteiger charge is 2.24. The molecule has 3 atom stereocenters. The van der Waals surface area contributed by atoms with Crippen LogP contribution in [0.15, 0.2) is 0 Å². The Labute approximate surface area is 78.9 Å². The lowest BCUT2D eigenvalue weighted by atomic mass is 10.2. The monoisotopic (exact) mass is 189 g/mol. The van der Waals surface area contributed by atoms with Crippen molar-refractivity contribution in [3.05, 3.63) is 0 Å². The van der Waals surface area contributed by atoms with E-state index in [1.165, 1.54) is 0 Å². The summed E-state index contributed by atoms with van der Waals surface area (Å²) in [5, 5.41) is 20.9. The van der Waals surface area contributed by atoms with Crippen LogP contribution in [0.4, 0.5) is 0 Å². The first kappa shape index (κ1) is 10.9. The maximum atomic E-state index is 9.10. The van der Waals surface area contributed by atoms with Crippen LogP contribution in [0.25, 0.3) is 0 Å². The molecule has 0 saturated heterocycles. The Morgan fingerprint density at radius 2 is 2.31 bits per heavy atom. The van der Waals surface area contributed by atoms with Gasteiger partial charge < -0.3 is 20.3 Å². The molecule has 0 amide bonds. The van der Waals surface area contributed by atoms with E-state index in [4.69, 9.17) is 14.9 Å². The van der Waals surface area contributed by atoms with Crippen LogP contribution < -0.4 is 5.32 Å². The first-order valence-electron chi connectivity index (χ1n) is 4.81. The van der Waals surface area contributed by atoms with Crippen molar-refractivity contribution < 1.29 is 14.9 Å². The topological polar surface area (TPSA) is 61.7 Å². The van der Waals surface area contributed by atoms with Crippen molar-refractivity contribution in [2.24, 2.45) is 0 Å². The van der Waals surface area contributed by atoms with Crippen LogP contribution in [-0.2, 0) is 4.74 Å². The summed E-state index contributed by atoms with van der Waals surface area (Å²) in [5.41, 5.74) is 0. The fourth-order valence-electron chi connectivity index (χ4n) is 1.71. The Kier molecular flexibility index (Phi) is 4.66. The first-order valence-corrected chi connectivity index (χ1v) is 4.81. The molecule has 1 fully saturated rings. The summed E-state index contributed by atoms with van der Waals surface area (Å²) >= 11 is 0. The van der Waals surface area contributed by atoms with E-state index in [0.717, 1.165) is 19.3 Å². The van der Waals surface area contributed by atoms with E-state index in [9.17, 15) is 0 Å². The van der Waals surface area contributed by atoms with E-state index < -0.39 is 6.10 Å². The van der Waals surface area contributed by atoms with Crippen molar-refractivity contribution in [3.63, 3.8) is 0 Å². The number of methoxy groups -OCH3 is 1. The van der Waals surface area contributed by atoms with E-state index in [2.05, 4.69) is 5.32 Å². The van der Waals surface area contributed by atoms with Gasteiger partial charge in [-0.1, -0.05) is 0 Å². The van der Waals surface area contributed by atoms with Crippen molar-refractivity contribution in [2.45, 2.75) is 37.5 Å². The van der Waals surface area contributed by atoms with E-state index in [-0.39, 0.29) is 6.61 Å². The van der Waals surface area contributed by atoms with Gasteiger partial charge in [0.05, 0.1) is 18.8 Å². The van der Waals surface area contributed by atoms with Gasteiger partial charge in [-0.2, -0.15) is 0 Å². The van der Waals surface area contributed by atoms with Crippen molar-refractivity contribution in [1.82, 2.24) is 5.32 Å². The molecule has 4 heteroatoms. The molecule has 0 aromatic heterocycles. The fraction of sp³-hybridized carbons (Fsp3) is 1.00. The van der Waals surface area contributed by atoms with Gasteiger partial charge >= 0.3 is 0 Å². The second-order valence-electron chi connectivity index (χ2n) is 3.61. The summed E-state index contributed by atoms with van der Waals surface area (Å²) in [6, 6.07) is 0.436. The molecule has 4 nitrogen and oxygen atoms in total. The second-order valence-corrected chi connectivity index (χ2v) is 3.61. The number of ether oxygens (including phenoxy) is 1. The molecule has 13 heavy (non-hydrogen) atoms. The minimum absolute atomic E-state index is 0.173. The van der Waals surface area contributed by atoms with Crippen molar-refractivity contribution >= 4 is 0 Å². The molecular weight excluding hydrogens is 170 g/mol. The van der Waals surface area contributed by atoms with Gasteiger partial charge in [-0.25, -0.2) is 0 Å². The summed E-state index contributed by atoms with van der Waals surface area (Å²) in [6.07, 6.45) is 2.92. The molecule has 1 saturated carbocycles. The largest absolute Gasteiger partial charge is 0.394 e. The molecule has 0 aromatic carbocycles. The van der Waals surface area contributed by atoms with Crippen LogP contribution in [0, 0.1) is 0 Å². The zero-order valence-corrected chi connectivity index (χ0v) is 8.07. The third-order valence-electron chi connectivity index (χ3n) is 2.57. The van der Waals surface area contributed by atoms with E-state index in [1.54, 1.807) is 7.11 Å². The molecule has 3 N–H and O–H groups in total. The minimum Gasteiger partial charge on any atom is -0.394 e. The molecule has 0 aromatic rings. The number of aliphatic hydroxyl groups excluding tert-OH is 2. The Hall–Kier alpha value is -0.160. The Bertz CT molecular complexity index is 143. The summed E-state index contributed by atoms with van der Waals surface area (Å²) in [7, 11) is 1.73. The van der Waals surface area contributed by atoms with Gasteiger partial charge in [-0.15, -0.1) is 0 Å². The molecule has 0 radical (unpaired) electrons. The molecule has 1 aliphatic rings. The van der Waals surface area contributed by atoms with Gasteiger partial charge in [0.1, 0.15) is 0 Å². The maximum absolute atomic E-state index is 9.10. The molecule has 1 rings (SSSR count). The molecule has 0 spiro atoms. The van der Waals surface area contributed by atoms with E-state index in [0.29, 0.717) is 18.7 Å². The molecular formula is C9H19NO3. The highest BCUT2D eigenvalue weighted by atomic mass is 16.5. The third-order valence-corrected chi connectivity index (χ3v) is 2.57. The minimum atomic E-state index is -0.637. The summed E-state index contributed by atoms with van der Waals surface area (Å²) < 4.78 is 5.22. The number of aliphatic hydroxyl groups is 2. The zero-order chi connectivity index (χ0) is 9.68. The van der Waals surface area contributed by atoms with Crippen LogP contribution in [0.1, 0.15) is 19.3 Å². The third kappa shape index (κ3) is 3.60. The van der Waals surface area contributed by atoms with Crippen molar-refractivity contribution in [3.8, 4) is 0 Å². The standard InChI is InChI=1S/C9H19NO3/c1-13-9-3-2-7(4-9)10-5-8(12)6-11/h7-12H,2-6H2,1H3/t7?,8-,9?/m0/s1. The molecule has 1 aliphatic carbocycles. The Morgan fingerprint density at radius 1 is 1.54 bits per heavy atom. The van der Waals surface area contributed by atoms with Crippen molar-refractivity contribution in [2.75, 3.05) is 20.3 Å². The van der Waals surface area contributed by atoms with Crippen LogP contribution in [0.3, 0.4) is 0 Å². The zero-order valence-electron chi connectivity index (χ0n) is 8.07. The lowest BCUT2D eigenvalue weighted by Crippen LogP contribution is -2.35. The number of nitrogens with one attached hydrogen (secondary N) is 1. The molecule has 0 aliphatic heterocycles. The van der Waals surface area contributed by atoms with Gasteiger partial charge in [0.2, 0.25) is 0 Å². The van der Waals surface area contributed by atoms with Gasteiger partial charge in [-0.05, 0) is 19.3 Å². The summed E-state index contributed by atoms with van der Waals surface area (Å²) in [4.78, 5) is 0. The SMILES string of the molecule is COC1CCC(NC[C@H](O)CO)C1. The number of rotatable bonds is 5. The van der Waals surface area contributed by atoms with Crippen molar-refractivity contribution in [1.29, 1.82) is 0 Å². The van der Waals surface area contributed by atoms with E-state index >= 15 is 0 Å². The first-order chi connectivity index (χ1) is 6.26. The molecule has 0 heterocycles.